The highest BCUT2D eigenvalue weighted by molar-refractivity contribution is 7.47. The number of carbonyl (C=O) groups excluding carboxylic acids is 4. The molecule has 2 unspecified atom stereocenters. The number of rotatable bonds is 78. The Hall–Kier alpha value is -1.94. The summed E-state index contributed by atoms with van der Waals surface area (Å²) in [6.07, 6.45) is 58.4. The molecule has 0 aromatic heterocycles. The molecule has 0 aliphatic rings. The first-order valence-electron chi connectivity index (χ1n) is 41.3. The number of ether oxygens (including phenoxy) is 4. The van der Waals surface area contributed by atoms with Crippen LogP contribution >= 0.6 is 15.6 Å². The number of carbonyl (C=O) groups is 4. The van der Waals surface area contributed by atoms with Gasteiger partial charge < -0.3 is 33.8 Å². The smallest absolute Gasteiger partial charge is 0.462 e. The summed E-state index contributed by atoms with van der Waals surface area (Å²) in [6, 6.07) is 0. The molecule has 3 N–H and O–H groups in total. The quantitative estimate of drug-likeness (QED) is 0.0222. The van der Waals surface area contributed by atoms with Crippen LogP contribution in [0.3, 0.4) is 0 Å². The van der Waals surface area contributed by atoms with Gasteiger partial charge in [-0.3, -0.25) is 37.3 Å². The maximum Gasteiger partial charge on any atom is 0.472 e. The zero-order valence-corrected chi connectivity index (χ0v) is 66.8. The summed E-state index contributed by atoms with van der Waals surface area (Å²) in [5.74, 6) is 0.259. The van der Waals surface area contributed by atoms with Gasteiger partial charge in [0.15, 0.2) is 12.2 Å². The summed E-state index contributed by atoms with van der Waals surface area (Å²) in [4.78, 5) is 72.9. The molecule has 0 heterocycles. The fourth-order valence-corrected chi connectivity index (χ4v) is 13.9. The molecule has 0 radical (unpaired) electrons. The molecule has 19 heteroatoms. The van der Waals surface area contributed by atoms with Crippen molar-refractivity contribution in [2.45, 2.75) is 433 Å². The first-order valence-corrected chi connectivity index (χ1v) is 44.3. The van der Waals surface area contributed by atoms with Crippen molar-refractivity contribution in [3.05, 3.63) is 0 Å². The van der Waals surface area contributed by atoms with E-state index in [1.54, 1.807) is 0 Å². The fourth-order valence-electron chi connectivity index (χ4n) is 12.3. The van der Waals surface area contributed by atoms with Gasteiger partial charge in [0.1, 0.15) is 19.3 Å². The molecule has 0 bridgehead atoms. The molecule has 99 heavy (non-hydrogen) atoms. The van der Waals surface area contributed by atoms with Crippen molar-refractivity contribution in [3.8, 4) is 0 Å². The maximum absolute atomic E-state index is 13.1. The Labute approximate surface area is 607 Å². The molecular formula is C80H156O17P2. The fraction of sp³-hybridized carbons (Fsp3) is 0.950. The minimum atomic E-state index is -4.96. The molecule has 5 atom stereocenters. The molecule has 0 aromatic rings. The van der Waals surface area contributed by atoms with Gasteiger partial charge in [-0.1, -0.05) is 363 Å². The average molecular weight is 1450 g/mol. The van der Waals surface area contributed by atoms with E-state index < -0.39 is 97.5 Å². The Bertz CT molecular complexity index is 1920. The first-order chi connectivity index (χ1) is 47.7. The number of hydrogen-bond acceptors (Lipinski definition) is 15. The van der Waals surface area contributed by atoms with E-state index >= 15 is 0 Å². The lowest BCUT2D eigenvalue weighted by Crippen LogP contribution is -2.30. The average Bonchev–Trinajstić information content (AvgIpc) is 0.951. The van der Waals surface area contributed by atoms with E-state index in [-0.39, 0.29) is 25.7 Å². The van der Waals surface area contributed by atoms with Gasteiger partial charge in [0.25, 0.3) is 0 Å². The highest BCUT2D eigenvalue weighted by Gasteiger charge is 2.30. The van der Waals surface area contributed by atoms with Crippen molar-refractivity contribution in [1.29, 1.82) is 0 Å². The molecule has 0 rings (SSSR count). The lowest BCUT2D eigenvalue weighted by molar-refractivity contribution is -0.161. The summed E-state index contributed by atoms with van der Waals surface area (Å²) >= 11 is 0. The summed E-state index contributed by atoms with van der Waals surface area (Å²) in [5.41, 5.74) is 0. The van der Waals surface area contributed by atoms with Gasteiger partial charge in [-0.15, -0.1) is 0 Å². The van der Waals surface area contributed by atoms with Crippen LogP contribution in [0.1, 0.15) is 414 Å². The Morgan fingerprint density at radius 1 is 0.273 bits per heavy atom. The van der Waals surface area contributed by atoms with E-state index in [4.69, 9.17) is 37.0 Å². The minimum absolute atomic E-state index is 0.106. The van der Waals surface area contributed by atoms with Crippen molar-refractivity contribution < 1.29 is 80.2 Å². The molecule has 0 aromatic carbocycles. The largest absolute Gasteiger partial charge is 0.472 e. The molecule has 17 nitrogen and oxygen atoms in total. The van der Waals surface area contributed by atoms with Crippen LogP contribution in [0, 0.1) is 17.8 Å². The highest BCUT2D eigenvalue weighted by atomic mass is 31.2. The summed E-state index contributed by atoms with van der Waals surface area (Å²) < 4.78 is 68.6. The predicted octanol–water partition coefficient (Wildman–Crippen LogP) is 23.7. The molecule has 0 aliphatic carbocycles. The van der Waals surface area contributed by atoms with Crippen LogP contribution in [0.2, 0.25) is 0 Å². The van der Waals surface area contributed by atoms with Crippen molar-refractivity contribution in [3.63, 3.8) is 0 Å². The number of aliphatic hydroxyl groups is 1. The molecule has 588 valence electrons. The van der Waals surface area contributed by atoms with Crippen LogP contribution in [0.4, 0.5) is 0 Å². The van der Waals surface area contributed by atoms with E-state index in [1.807, 2.05) is 0 Å². The lowest BCUT2D eigenvalue weighted by atomic mass is 10.0. The number of phosphoric acid groups is 2. The lowest BCUT2D eigenvalue weighted by Gasteiger charge is -2.21. The van der Waals surface area contributed by atoms with Crippen LogP contribution in [-0.4, -0.2) is 96.7 Å². The minimum Gasteiger partial charge on any atom is -0.462 e. The first kappa shape index (κ1) is 97.1. The second-order valence-electron chi connectivity index (χ2n) is 30.2. The van der Waals surface area contributed by atoms with Crippen LogP contribution in [0.25, 0.3) is 0 Å². The molecule has 0 fully saturated rings. The highest BCUT2D eigenvalue weighted by Crippen LogP contribution is 2.45. The zero-order valence-electron chi connectivity index (χ0n) is 65.0. The van der Waals surface area contributed by atoms with E-state index in [1.165, 1.54) is 218 Å². The predicted molar refractivity (Wildman–Crippen MR) is 405 cm³/mol. The molecular weight excluding hydrogens is 1290 g/mol. The summed E-state index contributed by atoms with van der Waals surface area (Å²) in [6.45, 7) is 12.0. The van der Waals surface area contributed by atoms with E-state index in [9.17, 15) is 43.2 Å². The monoisotopic (exact) mass is 1450 g/mol. The third-order valence-corrected chi connectivity index (χ3v) is 20.5. The van der Waals surface area contributed by atoms with Gasteiger partial charge in [-0.05, 0) is 43.4 Å². The normalized spacial score (nSPS) is 14.0. The molecule has 0 aliphatic heterocycles. The Morgan fingerprint density at radius 2 is 0.465 bits per heavy atom. The van der Waals surface area contributed by atoms with E-state index in [2.05, 4.69) is 48.5 Å². The van der Waals surface area contributed by atoms with Crippen LogP contribution in [-0.2, 0) is 65.4 Å². The van der Waals surface area contributed by atoms with E-state index in [0.717, 1.165) is 114 Å². The van der Waals surface area contributed by atoms with Gasteiger partial charge >= 0.3 is 39.5 Å². The summed E-state index contributed by atoms with van der Waals surface area (Å²) in [7, 11) is -9.91. The number of aliphatic hydroxyl groups excluding tert-OH is 1. The molecule has 0 saturated carbocycles. The van der Waals surface area contributed by atoms with Crippen LogP contribution < -0.4 is 0 Å². The number of esters is 4. The standard InChI is InChI=1S/C80H156O17P2/c1-8-9-10-11-12-40-47-54-61-77(82)90-67-75(96-80(85)64-57-50-43-36-30-29-33-39-46-53-60-73(6)7)69-94-98(86,87)92-65-74(81)66-93-99(88,89)95-70-76(97-79(84)63-56-49-42-35-28-24-20-16-14-18-22-26-32-38-45-52-59-72(4)5)68-91-78(83)62-55-48-41-34-27-23-19-15-13-17-21-25-31-37-44-51-58-71(2)3/h71-76,81H,8-70H2,1-7H3,(H,86,87)(H,88,89)/t74-,75+,76+/m0/s1. The molecule has 0 saturated heterocycles. The number of phosphoric ester groups is 2. The number of hydrogen-bond donors (Lipinski definition) is 3. The van der Waals surface area contributed by atoms with Gasteiger partial charge in [0, 0.05) is 25.7 Å². The Morgan fingerprint density at radius 3 is 0.687 bits per heavy atom. The van der Waals surface area contributed by atoms with Gasteiger partial charge in [-0.2, -0.15) is 0 Å². The molecule has 0 amide bonds. The van der Waals surface area contributed by atoms with Gasteiger partial charge in [0.05, 0.1) is 26.4 Å². The van der Waals surface area contributed by atoms with Gasteiger partial charge in [-0.25, -0.2) is 9.13 Å². The maximum atomic E-state index is 13.1. The second-order valence-corrected chi connectivity index (χ2v) is 33.1. The second kappa shape index (κ2) is 70.4. The van der Waals surface area contributed by atoms with Crippen LogP contribution in [0.5, 0.6) is 0 Å². The third kappa shape index (κ3) is 74.1. The topological polar surface area (TPSA) is 237 Å². The van der Waals surface area contributed by atoms with Crippen molar-refractivity contribution in [2.24, 2.45) is 17.8 Å². The van der Waals surface area contributed by atoms with Gasteiger partial charge in [0.2, 0.25) is 0 Å². The molecule has 0 spiro atoms. The SMILES string of the molecule is CCCCCCCCCCC(=O)OC[C@H](COP(=O)(O)OC[C@H](O)COP(=O)(O)OC[C@@H](COC(=O)CCCCCCCCCCCCCCCCCCC(C)C)OC(=O)CCCCCCCCCCCCCCCCCCC(C)C)OC(=O)CCCCCCCCCCCCC(C)C. The Kier molecular flexibility index (Phi) is 69.0. The van der Waals surface area contributed by atoms with Crippen molar-refractivity contribution >= 4 is 39.5 Å². The summed E-state index contributed by atoms with van der Waals surface area (Å²) in [5, 5.41) is 10.6. The van der Waals surface area contributed by atoms with E-state index in [0.29, 0.717) is 25.7 Å². The Balaban J connectivity index is 5.20. The van der Waals surface area contributed by atoms with Crippen molar-refractivity contribution in [2.75, 3.05) is 39.6 Å². The zero-order chi connectivity index (χ0) is 73.0. The van der Waals surface area contributed by atoms with Crippen molar-refractivity contribution in [1.82, 2.24) is 0 Å². The number of unbranched alkanes of at least 4 members (excludes halogenated alkanes) is 46. The van der Waals surface area contributed by atoms with Crippen LogP contribution in [0.15, 0.2) is 0 Å². The third-order valence-electron chi connectivity index (χ3n) is 18.6.